The Bertz CT molecular complexity index is 744. The third kappa shape index (κ3) is 2.29. The zero-order valence-corrected chi connectivity index (χ0v) is 13.0. The van der Waals surface area contributed by atoms with Crippen LogP contribution in [0.2, 0.25) is 0 Å². The summed E-state index contributed by atoms with van der Waals surface area (Å²) in [6.45, 7) is 2.07. The smallest absolute Gasteiger partial charge is 0.193 e. The highest BCUT2D eigenvalue weighted by molar-refractivity contribution is 5.40. The molecule has 1 fully saturated rings. The Morgan fingerprint density at radius 2 is 1.52 bits per heavy atom. The van der Waals surface area contributed by atoms with Crippen molar-refractivity contribution in [3.63, 3.8) is 0 Å². The number of hydrogen-bond acceptors (Lipinski definition) is 2. The van der Waals surface area contributed by atoms with Crippen LogP contribution in [0.25, 0.3) is 0 Å². The van der Waals surface area contributed by atoms with E-state index >= 15 is 0 Å². The van der Waals surface area contributed by atoms with Crippen LogP contribution in [0.15, 0.2) is 90.2 Å². The summed E-state index contributed by atoms with van der Waals surface area (Å²) in [6, 6.07) is 20.6. The van der Waals surface area contributed by atoms with E-state index in [1.54, 1.807) is 0 Å². The summed E-state index contributed by atoms with van der Waals surface area (Å²) in [4.78, 5) is 0. The van der Waals surface area contributed by atoms with Crippen LogP contribution >= 0.6 is 0 Å². The summed E-state index contributed by atoms with van der Waals surface area (Å²) < 4.78 is 12.7. The minimum atomic E-state index is -0.613. The lowest BCUT2D eigenvalue weighted by molar-refractivity contribution is -0.0518. The van der Waals surface area contributed by atoms with Gasteiger partial charge >= 0.3 is 0 Å². The van der Waals surface area contributed by atoms with Crippen LogP contribution in [0.4, 0.5) is 0 Å². The molecular weight excluding hydrogens is 284 g/mol. The fourth-order valence-electron chi connectivity index (χ4n) is 3.34. The van der Waals surface area contributed by atoms with Crippen LogP contribution in [0.1, 0.15) is 18.1 Å². The van der Waals surface area contributed by atoms with Crippen molar-refractivity contribution in [1.82, 2.24) is 0 Å². The number of allylic oxidation sites excluding steroid dienone is 1. The Morgan fingerprint density at radius 3 is 2.04 bits per heavy atom. The molecule has 2 aromatic carbocycles. The maximum absolute atomic E-state index is 6.52. The molecule has 1 saturated heterocycles. The van der Waals surface area contributed by atoms with E-state index in [2.05, 4.69) is 36.9 Å². The number of ether oxygens (including phenoxy) is 2. The van der Waals surface area contributed by atoms with Gasteiger partial charge in [-0.05, 0) is 30.2 Å². The molecule has 0 N–H and O–H groups in total. The van der Waals surface area contributed by atoms with Crippen molar-refractivity contribution in [3.8, 4) is 0 Å². The van der Waals surface area contributed by atoms with Crippen molar-refractivity contribution in [2.24, 2.45) is 0 Å². The Balaban J connectivity index is 1.84. The average molecular weight is 302 g/mol. The second-order valence-corrected chi connectivity index (χ2v) is 5.82. The van der Waals surface area contributed by atoms with Gasteiger partial charge in [-0.3, -0.25) is 0 Å². The molecule has 4 rings (SSSR count). The van der Waals surface area contributed by atoms with Crippen molar-refractivity contribution in [2.75, 3.05) is 0 Å². The molecule has 0 spiro atoms. The molecule has 2 heteroatoms. The van der Waals surface area contributed by atoms with E-state index in [1.165, 1.54) is 0 Å². The molecule has 1 heterocycles. The fraction of sp³-hybridized carbons (Fsp3) is 0.190. The summed E-state index contributed by atoms with van der Waals surface area (Å²) >= 11 is 0. The molecule has 0 saturated carbocycles. The number of hydrogen-bond donors (Lipinski definition) is 0. The summed E-state index contributed by atoms with van der Waals surface area (Å²) in [5.41, 5.74) is 5.72. The van der Waals surface area contributed by atoms with E-state index in [0.29, 0.717) is 0 Å². The summed E-state index contributed by atoms with van der Waals surface area (Å²) in [5.74, 6) is 0. The van der Waals surface area contributed by atoms with Crippen LogP contribution in [0.5, 0.6) is 0 Å². The largest absolute Gasteiger partial charge is 0.341 e. The molecule has 2 atom stereocenters. The monoisotopic (exact) mass is 302 g/mol. The van der Waals surface area contributed by atoms with Crippen molar-refractivity contribution < 1.29 is 9.47 Å². The van der Waals surface area contributed by atoms with Crippen LogP contribution in [-0.4, -0.2) is 12.4 Å². The first-order valence-electron chi connectivity index (χ1n) is 7.88. The molecule has 0 aromatic heterocycles. The average Bonchev–Trinajstić information content (AvgIpc) is 3.25. The SMILES string of the molecule is C[C@@H]1O[C@H](C2=C=CC=C2)OC1(c1ccccc1)c1ccccc1. The Morgan fingerprint density at radius 1 is 0.913 bits per heavy atom. The number of benzene rings is 2. The molecule has 23 heavy (non-hydrogen) atoms. The molecule has 2 aromatic rings. The number of rotatable bonds is 3. The van der Waals surface area contributed by atoms with Crippen LogP contribution in [0, 0.1) is 0 Å². The molecule has 2 nitrogen and oxygen atoms in total. The maximum Gasteiger partial charge on any atom is 0.193 e. The highest BCUT2D eigenvalue weighted by Gasteiger charge is 2.50. The van der Waals surface area contributed by atoms with E-state index in [4.69, 9.17) is 9.47 Å². The lowest BCUT2D eigenvalue weighted by Crippen LogP contribution is -2.36. The van der Waals surface area contributed by atoms with Gasteiger partial charge in [-0.25, -0.2) is 0 Å². The van der Waals surface area contributed by atoms with Gasteiger partial charge in [0.05, 0.1) is 6.10 Å². The van der Waals surface area contributed by atoms with E-state index in [9.17, 15) is 0 Å². The molecule has 114 valence electrons. The second kappa shape index (κ2) is 5.68. The van der Waals surface area contributed by atoms with E-state index in [-0.39, 0.29) is 6.10 Å². The standard InChI is InChI=1S/C21H18O2/c1-16-21(18-12-4-2-5-13-18,19-14-6-3-7-15-19)23-20(22-16)17-10-8-9-11-17/h2-10,12-16,20H,1H3/t16-,20-/m0/s1. The van der Waals surface area contributed by atoms with E-state index in [0.717, 1.165) is 16.7 Å². The van der Waals surface area contributed by atoms with Crippen molar-refractivity contribution >= 4 is 0 Å². The molecule has 1 aliphatic carbocycles. The predicted molar refractivity (Wildman–Crippen MR) is 89.8 cm³/mol. The zero-order valence-electron chi connectivity index (χ0n) is 13.0. The van der Waals surface area contributed by atoms with Gasteiger partial charge in [-0.15, -0.1) is 5.73 Å². The Labute approximate surface area is 136 Å². The summed E-state index contributed by atoms with van der Waals surface area (Å²) in [6.07, 6.45) is 5.32. The molecule has 0 unspecified atom stereocenters. The topological polar surface area (TPSA) is 18.5 Å². The minimum Gasteiger partial charge on any atom is -0.341 e. The lowest BCUT2D eigenvalue weighted by Gasteiger charge is -2.32. The van der Waals surface area contributed by atoms with Crippen molar-refractivity contribution in [3.05, 3.63) is 101 Å². The molecular formula is C21H18O2. The fourth-order valence-corrected chi connectivity index (χ4v) is 3.34. The molecule has 0 radical (unpaired) electrons. The van der Waals surface area contributed by atoms with Gasteiger partial charge in [-0.2, -0.15) is 0 Å². The first-order chi connectivity index (χ1) is 11.3. The lowest BCUT2D eigenvalue weighted by atomic mass is 9.82. The van der Waals surface area contributed by atoms with Crippen molar-refractivity contribution in [2.45, 2.75) is 24.9 Å². The van der Waals surface area contributed by atoms with Gasteiger partial charge in [0.1, 0.15) is 5.60 Å². The Hall–Kier alpha value is -2.38. The quantitative estimate of drug-likeness (QED) is 0.785. The second-order valence-electron chi connectivity index (χ2n) is 5.82. The normalized spacial score (nSPS) is 24.8. The highest BCUT2D eigenvalue weighted by atomic mass is 16.7. The Kier molecular flexibility index (Phi) is 3.51. The van der Waals surface area contributed by atoms with Gasteiger partial charge in [0.15, 0.2) is 6.29 Å². The summed E-state index contributed by atoms with van der Waals surface area (Å²) in [7, 11) is 0. The van der Waals surface area contributed by atoms with Gasteiger partial charge in [-0.1, -0.05) is 66.7 Å². The van der Waals surface area contributed by atoms with Gasteiger partial charge in [0, 0.05) is 5.57 Å². The molecule has 0 bridgehead atoms. The first kappa shape index (κ1) is 14.2. The van der Waals surface area contributed by atoms with Crippen LogP contribution in [0.3, 0.4) is 0 Å². The van der Waals surface area contributed by atoms with Gasteiger partial charge in [0.25, 0.3) is 0 Å². The van der Waals surface area contributed by atoms with Gasteiger partial charge in [0.2, 0.25) is 0 Å². The minimum absolute atomic E-state index is 0.111. The summed E-state index contributed by atoms with van der Waals surface area (Å²) in [5, 5.41) is 0. The van der Waals surface area contributed by atoms with Gasteiger partial charge < -0.3 is 9.47 Å². The van der Waals surface area contributed by atoms with Crippen LogP contribution < -0.4 is 0 Å². The zero-order chi connectivity index (χ0) is 15.7. The third-order valence-corrected chi connectivity index (χ3v) is 4.47. The maximum atomic E-state index is 6.52. The predicted octanol–water partition coefficient (Wildman–Crippen LogP) is 4.34. The molecule has 1 aliphatic heterocycles. The van der Waals surface area contributed by atoms with Crippen molar-refractivity contribution in [1.29, 1.82) is 0 Å². The molecule has 2 aliphatic rings. The molecule has 0 amide bonds. The van der Waals surface area contributed by atoms with Crippen LogP contribution in [-0.2, 0) is 15.1 Å². The van der Waals surface area contributed by atoms with E-state index in [1.807, 2.05) is 54.6 Å². The first-order valence-corrected chi connectivity index (χ1v) is 7.88. The highest BCUT2D eigenvalue weighted by Crippen LogP contribution is 2.46. The van der Waals surface area contributed by atoms with E-state index < -0.39 is 11.9 Å². The third-order valence-electron chi connectivity index (χ3n) is 4.47.